The molecular formula is C17H26ClN3O2. The number of hydrogen-bond acceptors (Lipinski definition) is 3. The van der Waals surface area contributed by atoms with Crippen LogP contribution in [0, 0.1) is 0 Å². The van der Waals surface area contributed by atoms with Crippen molar-refractivity contribution in [3.05, 3.63) is 29.3 Å². The molecule has 5 nitrogen and oxygen atoms in total. The third-order valence-electron chi connectivity index (χ3n) is 4.13. The van der Waals surface area contributed by atoms with Gasteiger partial charge in [0.05, 0.1) is 11.6 Å². The summed E-state index contributed by atoms with van der Waals surface area (Å²) in [6, 6.07) is 7.52. The van der Waals surface area contributed by atoms with Crippen LogP contribution >= 0.6 is 11.6 Å². The van der Waals surface area contributed by atoms with Crippen LogP contribution in [-0.2, 0) is 0 Å². The average molecular weight is 340 g/mol. The molecule has 1 aromatic carbocycles. The minimum Gasteiger partial charge on any atom is -0.487 e. The van der Waals surface area contributed by atoms with E-state index in [2.05, 4.69) is 22.6 Å². The number of carbonyl (C=O) groups is 1. The van der Waals surface area contributed by atoms with Gasteiger partial charge in [-0.25, -0.2) is 4.79 Å². The number of amides is 2. The Labute approximate surface area is 143 Å². The minimum atomic E-state index is -0.124. The fourth-order valence-corrected chi connectivity index (χ4v) is 2.77. The van der Waals surface area contributed by atoms with E-state index in [1.807, 2.05) is 25.1 Å². The van der Waals surface area contributed by atoms with Crippen LogP contribution in [-0.4, -0.2) is 49.8 Å². The van der Waals surface area contributed by atoms with Crippen LogP contribution in [0.5, 0.6) is 5.75 Å². The largest absolute Gasteiger partial charge is 0.487 e. The summed E-state index contributed by atoms with van der Waals surface area (Å²) >= 11 is 6.10. The van der Waals surface area contributed by atoms with E-state index in [1.165, 1.54) is 0 Å². The van der Waals surface area contributed by atoms with Crippen molar-refractivity contribution in [2.24, 2.45) is 0 Å². The number of carbonyl (C=O) groups excluding carboxylic acids is 1. The minimum absolute atomic E-state index is 0.0989. The van der Waals surface area contributed by atoms with Crippen LogP contribution in [0.1, 0.15) is 26.2 Å². The van der Waals surface area contributed by atoms with Crippen LogP contribution in [0.4, 0.5) is 4.79 Å². The van der Waals surface area contributed by atoms with Gasteiger partial charge in [-0.2, -0.15) is 0 Å². The molecule has 1 aromatic rings. The summed E-state index contributed by atoms with van der Waals surface area (Å²) in [4.78, 5) is 14.3. The smallest absolute Gasteiger partial charge is 0.315 e. The Bertz CT molecular complexity index is 504. The number of rotatable bonds is 6. The highest BCUT2D eigenvalue weighted by atomic mass is 35.5. The van der Waals surface area contributed by atoms with Crippen molar-refractivity contribution < 1.29 is 9.53 Å². The second-order valence-electron chi connectivity index (χ2n) is 6.01. The summed E-state index contributed by atoms with van der Waals surface area (Å²) in [5.41, 5.74) is 0. The fourth-order valence-electron chi connectivity index (χ4n) is 2.59. The van der Waals surface area contributed by atoms with E-state index in [4.69, 9.17) is 16.3 Å². The Kier molecular flexibility index (Phi) is 6.99. The van der Waals surface area contributed by atoms with Gasteiger partial charge in [0.1, 0.15) is 11.9 Å². The summed E-state index contributed by atoms with van der Waals surface area (Å²) in [5.74, 6) is 0.651. The van der Waals surface area contributed by atoms with Gasteiger partial charge < -0.3 is 20.3 Å². The first-order chi connectivity index (χ1) is 11.1. The summed E-state index contributed by atoms with van der Waals surface area (Å²) in [5, 5.41) is 6.52. The lowest BCUT2D eigenvalue weighted by Crippen LogP contribution is -2.48. The number of ether oxygens (including phenoxy) is 1. The number of hydrogen-bond donors (Lipinski definition) is 2. The van der Waals surface area contributed by atoms with Gasteiger partial charge in [-0.15, -0.1) is 0 Å². The third-order valence-corrected chi connectivity index (χ3v) is 4.44. The molecule has 1 aliphatic heterocycles. The summed E-state index contributed by atoms with van der Waals surface area (Å²) in [7, 11) is 2.11. The van der Waals surface area contributed by atoms with Crippen molar-refractivity contribution in [1.29, 1.82) is 0 Å². The lowest BCUT2D eigenvalue weighted by atomic mass is 10.1. The molecule has 1 aliphatic rings. The molecule has 0 spiro atoms. The predicted molar refractivity (Wildman–Crippen MR) is 93.2 cm³/mol. The van der Waals surface area contributed by atoms with Crippen molar-refractivity contribution in [3.8, 4) is 5.75 Å². The lowest BCUT2D eigenvalue weighted by Gasteiger charge is -2.29. The highest BCUT2D eigenvalue weighted by Crippen LogP contribution is 2.24. The summed E-state index contributed by atoms with van der Waals surface area (Å²) in [6.07, 6.45) is 2.69. The van der Waals surface area contributed by atoms with Crippen LogP contribution in [0.3, 0.4) is 0 Å². The van der Waals surface area contributed by atoms with Crippen molar-refractivity contribution in [1.82, 2.24) is 15.5 Å². The van der Waals surface area contributed by atoms with Gasteiger partial charge in [-0.3, -0.25) is 0 Å². The molecule has 6 heteroatoms. The Morgan fingerprint density at radius 1 is 1.39 bits per heavy atom. The van der Waals surface area contributed by atoms with Gasteiger partial charge in [0.25, 0.3) is 0 Å². The molecule has 0 unspecified atom stereocenters. The van der Waals surface area contributed by atoms with Crippen LogP contribution in [0.15, 0.2) is 24.3 Å². The highest BCUT2D eigenvalue weighted by molar-refractivity contribution is 6.32. The van der Waals surface area contributed by atoms with Crippen molar-refractivity contribution in [3.63, 3.8) is 0 Å². The van der Waals surface area contributed by atoms with Crippen molar-refractivity contribution in [2.75, 3.05) is 26.7 Å². The maximum Gasteiger partial charge on any atom is 0.315 e. The van der Waals surface area contributed by atoms with Crippen LogP contribution in [0.25, 0.3) is 0 Å². The van der Waals surface area contributed by atoms with Crippen LogP contribution < -0.4 is 15.4 Å². The van der Waals surface area contributed by atoms with Crippen molar-refractivity contribution in [2.45, 2.75) is 38.3 Å². The van der Waals surface area contributed by atoms with E-state index in [0.717, 1.165) is 32.4 Å². The van der Waals surface area contributed by atoms with Gasteiger partial charge in [0.2, 0.25) is 0 Å². The number of likely N-dealkylation sites (tertiary alicyclic amines) is 1. The predicted octanol–water partition coefficient (Wildman–Crippen LogP) is 2.89. The average Bonchev–Trinajstić information content (AvgIpc) is 2.55. The number of urea groups is 1. The highest BCUT2D eigenvalue weighted by Gasteiger charge is 2.19. The van der Waals surface area contributed by atoms with Crippen LogP contribution in [0.2, 0.25) is 5.02 Å². The quantitative estimate of drug-likeness (QED) is 0.838. The summed E-state index contributed by atoms with van der Waals surface area (Å²) < 4.78 is 5.87. The van der Waals surface area contributed by atoms with Gasteiger partial charge in [0.15, 0.2) is 0 Å². The van der Waals surface area contributed by atoms with Gasteiger partial charge >= 0.3 is 6.03 Å². The zero-order valence-electron chi connectivity index (χ0n) is 13.8. The Morgan fingerprint density at radius 3 is 2.74 bits per heavy atom. The molecule has 1 heterocycles. The molecule has 0 radical (unpaired) electrons. The number of halogens is 1. The van der Waals surface area contributed by atoms with E-state index in [0.29, 0.717) is 17.3 Å². The molecule has 2 rings (SSSR count). The van der Waals surface area contributed by atoms with E-state index in [1.54, 1.807) is 6.07 Å². The molecule has 1 atom stereocenters. The molecular weight excluding hydrogens is 314 g/mol. The molecule has 23 heavy (non-hydrogen) atoms. The standard InChI is InChI=1S/C17H26ClN3O2/c1-3-14(23-16-7-5-4-6-15(16)18)12-19-17(22)20-13-8-10-21(2)11-9-13/h4-7,13-14H,3,8-12H2,1-2H3,(H2,19,20,22)/t14-/m0/s1. The molecule has 0 aliphatic carbocycles. The van der Waals surface area contributed by atoms with Gasteiger partial charge in [0, 0.05) is 6.04 Å². The molecule has 128 valence electrons. The van der Waals surface area contributed by atoms with Gasteiger partial charge in [-0.05, 0) is 51.5 Å². The Morgan fingerprint density at radius 2 is 2.09 bits per heavy atom. The van der Waals surface area contributed by atoms with E-state index < -0.39 is 0 Å². The second-order valence-corrected chi connectivity index (χ2v) is 6.42. The molecule has 2 N–H and O–H groups in total. The Hall–Kier alpha value is -1.46. The summed E-state index contributed by atoms with van der Waals surface area (Å²) in [6.45, 7) is 4.54. The number of piperidine rings is 1. The number of benzene rings is 1. The molecule has 1 saturated heterocycles. The molecule has 0 bridgehead atoms. The monoisotopic (exact) mass is 339 g/mol. The third kappa shape index (κ3) is 5.92. The Balaban J connectivity index is 1.74. The van der Waals surface area contributed by atoms with E-state index >= 15 is 0 Å². The number of nitrogens with zero attached hydrogens (tertiary/aromatic N) is 1. The lowest BCUT2D eigenvalue weighted by molar-refractivity contribution is 0.185. The maximum absolute atomic E-state index is 12.0. The second kappa shape index (κ2) is 8.99. The zero-order valence-corrected chi connectivity index (χ0v) is 14.6. The number of para-hydroxylation sites is 1. The molecule has 2 amide bonds. The fraction of sp³-hybridized carbons (Fsp3) is 0.588. The first-order valence-corrected chi connectivity index (χ1v) is 8.60. The topological polar surface area (TPSA) is 53.6 Å². The number of nitrogens with one attached hydrogen (secondary N) is 2. The zero-order chi connectivity index (χ0) is 16.7. The molecule has 1 fully saturated rings. The molecule has 0 saturated carbocycles. The van der Waals surface area contributed by atoms with Gasteiger partial charge in [-0.1, -0.05) is 30.7 Å². The first kappa shape index (κ1) is 17.9. The first-order valence-electron chi connectivity index (χ1n) is 8.22. The van der Waals surface area contributed by atoms with E-state index in [9.17, 15) is 4.79 Å². The molecule has 0 aromatic heterocycles. The maximum atomic E-state index is 12.0. The van der Waals surface area contributed by atoms with Crippen molar-refractivity contribution >= 4 is 17.6 Å². The SMILES string of the molecule is CC[C@@H](CNC(=O)NC1CCN(C)CC1)Oc1ccccc1Cl. The van der Waals surface area contributed by atoms with E-state index in [-0.39, 0.29) is 18.2 Å². The normalized spacial score (nSPS) is 17.5.